The Labute approximate surface area is 183 Å². The van der Waals surface area contributed by atoms with Crippen molar-refractivity contribution in [2.45, 2.75) is 50.3 Å². The molecule has 0 amide bonds. The Kier molecular flexibility index (Phi) is 5.43. The lowest BCUT2D eigenvalue weighted by Crippen LogP contribution is -2.14. The third kappa shape index (κ3) is 4.54. The second-order valence-corrected chi connectivity index (χ2v) is 10.9. The van der Waals surface area contributed by atoms with Gasteiger partial charge in [-0.15, -0.1) is 0 Å². The van der Waals surface area contributed by atoms with Gasteiger partial charge in [-0.2, -0.15) is 5.10 Å². The van der Waals surface area contributed by atoms with Crippen molar-refractivity contribution in [2.75, 3.05) is 0 Å². The van der Waals surface area contributed by atoms with E-state index >= 15 is 0 Å². The molecule has 0 aliphatic heterocycles. The Hall–Kier alpha value is -2.99. The van der Waals surface area contributed by atoms with E-state index in [4.69, 9.17) is 0 Å². The van der Waals surface area contributed by atoms with Crippen LogP contribution in [0.5, 0.6) is 0 Å². The van der Waals surface area contributed by atoms with Gasteiger partial charge in [0.05, 0.1) is 34.1 Å². The second kappa shape index (κ2) is 7.93. The molecule has 0 fully saturated rings. The van der Waals surface area contributed by atoms with E-state index in [1.165, 1.54) is 0 Å². The summed E-state index contributed by atoms with van der Waals surface area (Å²) in [6.07, 6.45) is 1.77. The first-order valence-corrected chi connectivity index (χ1v) is 12.0. The van der Waals surface area contributed by atoms with E-state index < -0.39 is 9.84 Å². The molecular formula is C25H27N3O2S. The van der Waals surface area contributed by atoms with Gasteiger partial charge in [0.25, 0.3) is 0 Å². The van der Waals surface area contributed by atoms with Crippen molar-refractivity contribution in [1.82, 2.24) is 14.8 Å². The maximum absolute atomic E-state index is 13.1. The summed E-state index contributed by atoms with van der Waals surface area (Å²) in [6.45, 7) is 8.71. The fraction of sp³-hybridized carbons (Fsp3) is 0.280. The lowest BCUT2D eigenvalue weighted by Gasteiger charge is -2.19. The van der Waals surface area contributed by atoms with E-state index in [1.54, 1.807) is 23.0 Å². The van der Waals surface area contributed by atoms with Gasteiger partial charge in [0, 0.05) is 11.6 Å². The number of benzene rings is 2. The molecule has 160 valence electrons. The van der Waals surface area contributed by atoms with Crippen LogP contribution in [-0.2, 0) is 27.5 Å². The number of aromatic nitrogens is 3. The van der Waals surface area contributed by atoms with Crippen LogP contribution >= 0.6 is 0 Å². The highest BCUT2D eigenvalue weighted by molar-refractivity contribution is 7.90. The number of pyridine rings is 1. The van der Waals surface area contributed by atoms with Crippen LogP contribution in [0.2, 0.25) is 0 Å². The number of hydrogen-bond acceptors (Lipinski definition) is 4. The highest BCUT2D eigenvalue weighted by Crippen LogP contribution is 2.25. The molecule has 4 rings (SSSR count). The summed E-state index contributed by atoms with van der Waals surface area (Å²) >= 11 is 0. The molecule has 0 aliphatic carbocycles. The van der Waals surface area contributed by atoms with Crippen molar-refractivity contribution in [2.24, 2.45) is 0 Å². The minimum absolute atomic E-state index is 0.0225. The third-order valence-electron chi connectivity index (χ3n) is 5.46. The Morgan fingerprint density at radius 2 is 1.71 bits per heavy atom. The summed E-state index contributed by atoms with van der Waals surface area (Å²) in [4.78, 5) is 4.74. The molecule has 6 heteroatoms. The lowest BCUT2D eigenvalue weighted by atomic mass is 9.87. The summed E-state index contributed by atoms with van der Waals surface area (Å²) in [5.74, 6) is -0.0915. The van der Waals surface area contributed by atoms with Crippen molar-refractivity contribution in [3.63, 3.8) is 0 Å². The van der Waals surface area contributed by atoms with Crippen molar-refractivity contribution in [1.29, 1.82) is 0 Å². The molecule has 2 aromatic heterocycles. The quantitative estimate of drug-likeness (QED) is 0.441. The van der Waals surface area contributed by atoms with Crippen LogP contribution in [-0.4, -0.2) is 23.2 Å². The van der Waals surface area contributed by atoms with Crippen LogP contribution in [0.3, 0.4) is 0 Å². The molecular weight excluding hydrogens is 406 g/mol. The Bertz CT molecular complexity index is 1330. The molecule has 2 aromatic carbocycles. The summed E-state index contributed by atoms with van der Waals surface area (Å²) in [7, 11) is -3.49. The molecule has 31 heavy (non-hydrogen) atoms. The fourth-order valence-electron chi connectivity index (χ4n) is 3.76. The molecule has 0 atom stereocenters. The van der Waals surface area contributed by atoms with Crippen LogP contribution < -0.4 is 0 Å². The van der Waals surface area contributed by atoms with E-state index in [0.29, 0.717) is 17.1 Å². The van der Waals surface area contributed by atoms with Crippen molar-refractivity contribution >= 4 is 20.7 Å². The van der Waals surface area contributed by atoms with Gasteiger partial charge in [0.1, 0.15) is 0 Å². The first kappa shape index (κ1) is 21.2. The zero-order valence-corrected chi connectivity index (χ0v) is 19.1. The van der Waals surface area contributed by atoms with E-state index in [-0.39, 0.29) is 11.2 Å². The van der Waals surface area contributed by atoms with Crippen LogP contribution in [0, 0.1) is 6.92 Å². The minimum atomic E-state index is -3.49. The Morgan fingerprint density at radius 1 is 0.968 bits per heavy atom. The van der Waals surface area contributed by atoms with Crippen molar-refractivity contribution in [3.8, 4) is 0 Å². The summed E-state index contributed by atoms with van der Waals surface area (Å²) in [5.41, 5.74) is 4.53. The molecule has 2 heterocycles. The monoisotopic (exact) mass is 433 g/mol. The van der Waals surface area contributed by atoms with E-state index in [9.17, 15) is 8.42 Å². The van der Waals surface area contributed by atoms with Crippen LogP contribution in [0.4, 0.5) is 0 Å². The SMILES string of the molecule is Cc1cc(CS(=O)(=O)c2ccc(C(C)(C)C)cc2)n(Cc2cccc3ncccc23)n1. The van der Waals surface area contributed by atoms with Gasteiger partial charge in [-0.05, 0) is 53.8 Å². The second-order valence-electron chi connectivity index (χ2n) is 8.96. The van der Waals surface area contributed by atoms with Crippen LogP contribution in [0.1, 0.15) is 43.3 Å². The van der Waals surface area contributed by atoms with Gasteiger partial charge in [-0.1, -0.05) is 51.1 Å². The highest BCUT2D eigenvalue weighted by atomic mass is 32.2. The zero-order chi connectivity index (χ0) is 22.2. The molecule has 0 N–H and O–H groups in total. The van der Waals surface area contributed by atoms with E-state index in [1.807, 2.05) is 55.5 Å². The molecule has 4 aromatic rings. The molecule has 0 spiro atoms. The predicted molar refractivity (Wildman–Crippen MR) is 124 cm³/mol. The number of hydrogen-bond donors (Lipinski definition) is 0. The number of rotatable bonds is 5. The molecule has 0 bridgehead atoms. The maximum Gasteiger partial charge on any atom is 0.184 e. The summed E-state index contributed by atoms with van der Waals surface area (Å²) in [5, 5.41) is 5.61. The Morgan fingerprint density at radius 3 is 2.42 bits per heavy atom. The molecule has 0 saturated carbocycles. The summed E-state index contributed by atoms with van der Waals surface area (Å²) in [6, 6.07) is 19.0. The fourth-order valence-corrected chi connectivity index (χ4v) is 5.10. The Balaban J connectivity index is 1.64. The number of aryl methyl sites for hydroxylation is 1. The van der Waals surface area contributed by atoms with Crippen LogP contribution in [0.25, 0.3) is 10.9 Å². The number of nitrogens with zero attached hydrogens (tertiary/aromatic N) is 3. The van der Waals surface area contributed by atoms with E-state index in [0.717, 1.165) is 27.7 Å². The molecule has 0 radical (unpaired) electrons. The first-order chi connectivity index (χ1) is 14.6. The molecule has 0 saturated heterocycles. The number of sulfone groups is 1. The molecule has 5 nitrogen and oxygen atoms in total. The normalized spacial score (nSPS) is 12.4. The third-order valence-corrected chi connectivity index (χ3v) is 7.13. The van der Waals surface area contributed by atoms with Crippen molar-refractivity contribution in [3.05, 3.63) is 89.4 Å². The molecule has 0 aliphatic rings. The van der Waals surface area contributed by atoms with Crippen molar-refractivity contribution < 1.29 is 8.42 Å². The minimum Gasteiger partial charge on any atom is -0.264 e. The average molecular weight is 434 g/mol. The number of fused-ring (bicyclic) bond motifs is 1. The average Bonchev–Trinajstić information content (AvgIpc) is 3.05. The van der Waals surface area contributed by atoms with Gasteiger partial charge >= 0.3 is 0 Å². The van der Waals surface area contributed by atoms with Crippen LogP contribution in [0.15, 0.2) is 71.8 Å². The lowest BCUT2D eigenvalue weighted by molar-refractivity contribution is 0.583. The van der Waals surface area contributed by atoms with Gasteiger partial charge in [0.2, 0.25) is 0 Å². The largest absolute Gasteiger partial charge is 0.264 e. The standard InChI is InChI=1S/C25H27N3O2S/c1-18-15-21(17-31(29,30)22-12-10-20(11-13-22)25(2,3)4)28(27-18)16-19-7-5-9-24-23(19)8-6-14-26-24/h5-15H,16-17H2,1-4H3. The highest BCUT2D eigenvalue weighted by Gasteiger charge is 2.21. The van der Waals surface area contributed by atoms with Gasteiger partial charge in [0.15, 0.2) is 9.84 Å². The predicted octanol–water partition coefficient (Wildman–Crippen LogP) is 5.06. The first-order valence-electron chi connectivity index (χ1n) is 10.3. The topological polar surface area (TPSA) is 64.8 Å². The smallest absolute Gasteiger partial charge is 0.184 e. The maximum atomic E-state index is 13.1. The van der Waals surface area contributed by atoms with E-state index in [2.05, 4.69) is 30.9 Å². The van der Waals surface area contributed by atoms with Gasteiger partial charge in [-0.3, -0.25) is 9.67 Å². The van der Waals surface area contributed by atoms with Gasteiger partial charge < -0.3 is 0 Å². The summed E-state index contributed by atoms with van der Waals surface area (Å²) < 4.78 is 28.1. The molecule has 0 unspecified atom stereocenters. The van der Waals surface area contributed by atoms with Gasteiger partial charge in [-0.25, -0.2) is 8.42 Å². The zero-order valence-electron chi connectivity index (χ0n) is 18.3.